The molecule has 0 radical (unpaired) electrons. The van der Waals surface area contributed by atoms with E-state index in [1.54, 1.807) is 29.1 Å². The molecule has 28 heavy (non-hydrogen) atoms. The minimum Gasteiger partial charge on any atom is -0.307 e. The van der Waals surface area contributed by atoms with Crippen molar-refractivity contribution in [2.24, 2.45) is 11.7 Å². The van der Waals surface area contributed by atoms with Crippen molar-refractivity contribution in [2.75, 3.05) is 0 Å². The van der Waals surface area contributed by atoms with E-state index in [0.717, 1.165) is 44.9 Å². The first kappa shape index (κ1) is 19.4. The summed E-state index contributed by atoms with van der Waals surface area (Å²) in [6.45, 7) is 0. The number of halogens is 3. The summed E-state index contributed by atoms with van der Waals surface area (Å²) in [6.07, 6.45) is 3.91. The number of aromatic nitrogens is 3. The monoisotopic (exact) mass is 393 g/mol. The highest BCUT2D eigenvalue weighted by Crippen LogP contribution is 2.41. The van der Waals surface area contributed by atoms with E-state index in [0.29, 0.717) is 5.69 Å². The predicted octanol–water partition coefficient (Wildman–Crippen LogP) is 4.20. The van der Waals surface area contributed by atoms with Crippen LogP contribution in [0.3, 0.4) is 0 Å². The van der Waals surface area contributed by atoms with Gasteiger partial charge in [-0.3, -0.25) is 5.32 Å². The van der Waals surface area contributed by atoms with Crippen molar-refractivity contribution in [2.45, 2.75) is 68.9 Å². The van der Waals surface area contributed by atoms with E-state index >= 15 is 0 Å². The van der Waals surface area contributed by atoms with Gasteiger partial charge in [-0.1, -0.05) is 54.8 Å². The lowest BCUT2D eigenvalue weighted by molar-refractivity contribution is -0.161. The van der Waals surface area contributed by atoms with Gasteiger partial charge in [0.15, 0.2) is 0 Å². The van der Waals surface area contributed by atoms with Crippen LogP contribution in [-0.4, -0.2) is 21.2 Å². The molecule has 1 heterocycles. The highest BCUT2D eigenvalue weighted by Gasteiger charge is 2.45. The molecule has 1 aromatic carbocycles. The number of rotatable bonds is 6. The third kappa shape index (κ3) is 4.07. The summed E-state index contributed by atoms with van der Waals surface area (Å²) in [4.78, 5) is 0. The first-order valence-electron chi connectivity index (χ1n) is 9.96. The van der Waals surface area contributed by atoms with Crippen LogP contribution in [0.1, 0.15) is 68.3 Å². The molecule has 1 aromatic heterocycles. The zero-order chi connectivity index (χ0) is 19.8. The first-order chi connectivity index (χ1) is 13.4. The van der Waals surface area contributed by atoms with Crippen LogP contribution in [0.5, 0.6) is 0 Å². The van der Waals surface area contributed by atoms with Crippen LogP contribution >= 0.6 is 0 Å². The van der Waals surface area contributed by atoms with Gasteiger partial charge < -0.3 is 5.73 Å². The molecule has 3 N–H and O–H groups in total. The molecule has 152 valence electrons. The van der Waals surface area contributed by atoms with E-state index < -0.39 is 23.9 Å². The largest absolute Gasteiger partial charge is 0.407 e. The number of hydrogen-bond donors (Lipinski definition) is 2. The molecular formula is C20H26F3N5. The fourth-order valence-corrected chi connectivity index (χ4v) is 4.13. The minimum absolute atomic E-state index is 0.0976. The van der Waals surface area contributed by atoms with Crippen LogP contribution in [-0.2, 0) is 5.66 Å². The Hall–Kier alpha value is -1.93. The summed E-state index contributed by atoms with van der Waals surface area (Å²) in [6, 6.07) is 5.75. The average molecular weight is 393 g/mol. The van der Waals surface area contributed by atoms with E-state index in [4.69, 9.17) is 5.73 Å². The van der Waals surface area contributed by atoms with Gasteiger partial charge in [0.05, 0.1) is 17.9 Å². The van der Waals surface area contributed by atoms with Crippen LogP contribution in [0.25, 0.3) is 0 Å². The lowest BCUT2D eigenvalue weighted by atomic mass is 9.82. The molecule has 2 aliphatic carbocycles. The van der Waals surface area contributed by atoms with Crippen molar-refractivity contribution in [1.82, 2.24) is 20.3 Å². The zero-order valence-corrected chi connectivity index (χ0v) is 15.7. The van der Waals surface area contributed by atoms with Gasteiger partial charge >= 0.3 is 6.18 Å². The Labute approximate surface area is 162 Å². The van der Waals surface area contributed by atoms with Gasteiger partial charge in [-0.25, -0.2) is 4.68 Å². The van der Waals surface area contributed by atoms with Crippen LogP contribution in [0.4, 0.5) is 13.2 Å². The van der Waals surface area contributed by atoms with Gasteiger partial charge in [0, 0.05) is 0 Å². The van der Waals surface area contributed by atoms with E-state index in [1.807, 2.05) is 0 Å². The van der Waals surface area contributed by atoms with E-state index in [9.17, 15) is 13.2 Å². The highest BCUT2D eigenvalue weighted by atomic mass is 19.4. The van der Waals surface area contributed by atoms with Crippen molar-refractivity contribution in [3.05, 3.63) is 47.8 Å². The second kappa shape index (κ2) is 7.48. The van der Waals surface area contributed by atoms with Crippen molar-refractivity contribution in [3.8, 4) is 0 Å². The molecule has 2 fully saturated rings. The lowest BCUT2D eigenvalue weighted by Gasteiger charge is -2.34. The predicted molar refractivity (Wildman–Crippen MR) is 99.1 cm³/mol. The van der Waals surface area contributed by atoms with Crippen molar-refractivity contribution >= 4 is 0 Å². The molecule has 0 saturated heterocycles. The van der Waals surface area contributed by atoms with Crippen molar-refractivity contribution in [1.29, 1.82) is 0 Å². The Bertz CT molecular complexity index is 779. The van der Waals surface area contributed by atoms with Crippen molar-refractivity contribution < 1.29 is 13.2 Å². The molecule has 2 atom stereocenters. The maximum Gasteiger partial charge on any atom is 0.407 e. The Morgan fingerprint density at radius 2 is 1.79 bits per heavy atom. The number of alkyl halides is 3. The molecule has 2 aromatic rings. The number of nitrogens with one attached hydrogen (secondary N) is 1. The molecule has 2 aliphatic rings. The number of benzene rings is 1. The molecule has 0 bridgehead atoms. The first-order valence-corrected chi connectivity index (χ1v) is 9.96. The Morgan fingerprint density at radius 1 is 1.11 bits per heavy atom. The topological polar surface area (TPSA) is 68.8 Å². The summed E-state index contributed by atoms with van der Waals surface area (Å²) < 4.78 is 43.4. The zero-order valence-electron chi connectivity index (χ0n) is 15.7. The number of nitrogens with two attached hydrogens (primary N) is 1. The van der Waals surface area contributed by atoms with Gasteiger partial charge in [0.1, 0.15) is 11.7 Å². The van der Waals surface area contributed by atoms with E-state index in [2.05, 4.69) is 15.6 Å². The average Bonchev–Trinajstić information content (AvgIpc) is 3.24. The minimum atomic E-state index is -4.41. The van der Waals surface area contributed by atoms with Crippen LogP contribution in [0.15, 0.2) is 36.5 Å². The summed E-state index contributed by atoms with van der Waals surface area (Å²) in [5.74, 6) is 0.0976. The van der Waals surface area contributed by atoms with Crippen molar-refractivity contribution in [3.63, 3.8) is 0 Å². The lowest BCUT2D eigenvalue weighted by Crippen LogP contribution is -2.40. The molecule has 4 rings (SSSR count). The highest BCUT2D eigenvalue weighted by molar-refractivity contribution is 5.21. The number of nitrogens with zero attached hydrogens (tertiary/aromatic N) is 3. The smallest absolute Gasteiger partial charge is 0.307 e. The summed E-state index contributed by atoms with van der Waals surface area (Å²) in [5.41, 5.74) is 6.42. The molecule has 5 nitrogen and oxygen atoms in total. The molecule has 0 amide bonds. The molecule has 2 saturated carbocycles. The van der Waals surface area contributed by atoms with Crippen LogP contribution in [0, 0.1) is 5.92 Å². The fraction of sp³-hybridized carbons (Fsp3) is 0.600. The SMILES string of the molecule is NC1(n2cc(C(N[C@H](c3ccccc3)C(F)(F)F)C3CCCCC3)nn2)CC1. The maximum atomic E-state index is 13.9. The molecule has 8 heteroatoms. The van der Waals surface area contributed by atoms with Gasteiger partial charge in [0.25, 0.3) is 0 Å². The number of hydrogen-bond acceptors (Lipinski definition) is 4. The van der Waals surface area contributed by atoms with Gasteiger partial charge in [-0.2, -0.15) is 13.2 Å². The van der Waals surface area contributed by atoms with E-state index in [-0.39, 0.29) is 11.5 Å². The standard InChI is InChI=1S/C20H26F3N5/c21-20(22,23)18(15-9-5-2-6-10-15)25-17(14-7-3-1-4-8-14)16-13-28(27-26-16)19(24)11-12-19/h2,5-6,9-10,13-14,17-18,25H,1,3-4,7-8,11-12,24H2/t17?,18-/m1/s1. The summed E-state index contributed by atoms with van der Waals surface area (Å²) in [5, 5.41) is 11.3. The quantitative estimate of drug-likeness (QED) is 0.772. The van der Waals surface area contributed by atoms with Gasteiger partial charge in [0.2, 0.25) is 0 Å². The molecule has 0 aliphatic heterocycles. The van der Waals surface area contributed by atoms with E-state index in [1.165, 1.54) is 12.1 Å². The third-order valence-corrected chi connectivity index (χ3v) is 5.98. The van der Waals surface area contributed by atoms with Crippen LogP contribution in [0.2, 0.25) is 0 Å². The Kier molecular flexibility index (Phi) is 5.18. The van der Waals surface area contributed by atoms with Gasteiger partial charge in [-0.05, 0) is 37.2 Å². The Balaban J connectivity index is 1.65. The summed E-state index contributed by atoms with van der Waals surface area (Å²) >= 11 is 0. The Morgan fingerprint density at radius 3 is 2.39 bits per heavy atom. The molecule has 1 unspecified atom stereocenters. The fourth-order valence-electron chi connectivity index (χ4n) is 4.13. The maximum absolute atomic E-state index is 13.9. The second-order valence-corrected chi connectivity index (χ2v) is 8.12. The molecular weight excluding hydrogens is 367 g/mol. The van der Waals surface area contributed by atoms with Crippen LogP contribution < -0.4 is 11.1 Å². The summed E-state index contributed by atoms with van der Waals surface area (Å²) in [7, 11) is 0. The third-order valence-electron chi connectivity index (χ3n) is 5.98. The van der Waals surface area contributed by atoms with Gasteiger partial charge in [-0.15, -0.1) is 5.10 Å². The normalized spacial score (nSPS) is 22.0. The molecule has 0 spiro atoms. The second-order valence-electron chi connectivity index (χ2n) is 8.12.